The Morgan fingerprint density at radius 1 is 1.09 bits per heavy atom. The standard InChI is InChI=1S/C18H21N3O/c1-20-11-5-6-15(20)12-19-18(22)10-9-14-13-21(2)17-8-4-3-7-16(14)17/h3-8,11,13H,9-10,12H2,1-2H3,(H,19,22). The Balaban J connectivity index is 1.59. The van der Waals surface area contributed by atoms with Crippen molar-refractivity contribution in [2.75, 3.05) is 0 Å². The first-order chi connectivity index (χ1) is 10.6. The molecule has 0 aliphatic rings. The second kappa shape index (κ2) is 6.10. The molecule has 0 aliphatic carbocycles. The number of carbonyl (C=O) groups is 1. The lowest BCUT2D eigenvalue weighted by molar-refractivity contribution is -0.121. The Kier molecular flexibility index (Phi) is 4.00. The molecule has 114 valence electrons. The van der Waals surface area contributed by atoms with Crippen LogP contribution in [0.15, 0.2) is 48.8 Å². The van der Waals surface area contributed by atoms with Gasteiger partial charge in [0.1, 0.15) is 0 Å². The molecule has 2 heterocycles. The molecule has 0 unspecified atom stereocenters. The number of nitrogens with zero attached hydrogens (tertiary/aromatic N) is 2. The predicted molar refractivity (Wildman–Crippen MR) is 88.5 cm³/mol. The molecular weight excluding hydrogens is 274 g/mol. The van der Waals surface area contributed by atoms with Gasteiger partial charge in [-0.2, -0.15) is 0 Å². The zero-order valence-electron chi connectivity index (χ0n) is 13.0. The van der Waals surface area contributed by atoms with E-state index in [9.17, 15) is 4.79 Å². The highest BCUT2D eigenvalue weighted by Gasteiger charge is 2.08. The van der Waals surface area contributed by atoms with E-state index in [0.29, 0.717) is 13.0 Å². The predicted octanol–water partition coefficient (Wildman–Crippen LogP) is 2.77. The average molecular weight is 295 g/mol. The van der Waals surface area contributed by atoms with E-state index in [1.54, 1.807) is 0 Å². The number of carbonyl (C=O) groups excluding carboxylic acids is 1. The van der Waals surface area contributed by atoms with Gasteiger partial charge in [0.05, 0.1) is 6.54 Å². The van der Waals surface area contributed by atoms with Crippen molar-refractivity contribution in [3.05, 3.63) is 60.0 Å². The summed E-state index contributed by atoms with van der Waals surface area (Å²) in [7, 11) is 4.03. The van der Waals surface area contributed by atoms with Gasteiger partial charge in [-0.3, -0.25) is 4.79 Å². The Morgan fingerprint density at radius 3 is 2.68 bits per heavy atom. The van der Waals surface area contributed by atoms with Crippen LogP contribution in [0.5, 0.6) is 0 Å². The zero-order valence-corrected chi connectivity index (χ0v) is 13.0. The van der Waals surface area contributed by atoms with Gasteiger partial charge < -0.3 is 14.5 Å². The molecule has 2 aromatic heterocycles. The van der Waals surface area contributed by atoms with Crippen LogP contribution in [0.2, 0.25) is 0 Å². The summed E-state index contributed by atoms with van der Waals surface area (Å²) in [6.07, 6.45) is 5.38. The van der Waals surface area contributed by atoms with Crippen LogP contribution in [0.4, 0.5) is 0 Å². The summed E-state index contributed by atoms with van der Waals surface area (Å²) < 4.78 is 4.14. The van der Waals surface area contributed by atoms with Crippen LogP contribution in [0, 0.1) is 0 Å². The van der Waals surface area contributed by atoms with Gasteiger partial charge in [0.15, 0.2) is 0 Å². The summed E-state index contributed by atoms with van der Waals surface area (Å²) in [6, 6.07) is 12.3. The summed E-state index contributed by atoms with van der Waals surface area (Å²) in [5.74, 6) is 0.0918. The van der Waals surface area contributed by atoms with E-state index in [1.807, 2.05) is 49.1 Å². The lowest BCUT2D eigenvalue weighted by Crippen LogP contribution is -2.24. The molecule has 1 N–H and O–H groups in total. The van der Waals surface area contributed by atoms with Gasteiger partial charge in [-0.1, -0.05) is 18.2 Å². The SMILES string of the molecule is Cn1cccc1CNC(=O)CCc1cn(C)c2ccccc12. The van der Waals surface area contributed by atoms with Crippen LogP contribution < -0.4 is 5.32 Å². The number of amides is 1. The van der Waals surface area contributed by atoms with Crippen LogP contribution >= 0.6 is 0 Å². The lowest BCUT2D eigenvalue weighted by atomic mass is 10.1. The first-order valence-corrected chi connectivity index (χ1v) is 7.55. The topological polar surface area (TPSA) is 39.0 Å². The number of rotatable bonds is 5. The van der Waals surface area contributed by atoms with Crippen molar-refractivity contribution in [1.82, 2.24) is 14.5 Å². The molecule has 3 aromatic rings. The van der Waals surface area contributed by atoms with Crippen molar-refractivity contribution in [3.8, 4) is 0 Å². The van der Waals surface area contributed by atoms with E-state index < -0.39 is 0 Å². The van der Waals surface area contributed by atoms with E-state index in [1.165, 1.54) is 16.5 Å². The van der Waals surface area contributed by atoms with E-state index in [-0.39, 0.29) is 5.91 Å². The number of fused-ring (bicyclic) bond motifs is 1. The molecule has 4 nitrogen and oxygen atoms in total. The van der Waals surface area contributed by atoms with E-state index in [2.05, 4.69) is 28.2 Å². The fraction of sp³-hybridized carbons (Fsp3) is 0.278. The second-order valence-corrected chi connectivity index (χ2v) is 5.67. The number of benzene rings is 1. The van der Waals surface area contributed by atoms with Crippen molar-refractivity contribution in [2.24, 2.45) is 14.1 Å². The van der Waals surface area contributed by atoms with Gasteiger partial charge in [-0.15, -0.1) is 0 Å². The summed E-state index contributed by atoms with van der Waals surface area (Å²) in [4.78, 5) is 12.0. The van der Waals surface area contributed by atoms with E-state index in [4.69, 9.17) is 0 Å². The summed E-state index contributed by atoms with van der Waals surface area (Å²) in [6.45, 7) is 0.581. The number of hydrogen-bond acceptors (Lipinski definition) is 1. The second-order valence-electron chi connectivity index (χ2n) is 5.67. The third-order valence-corrected chi connectivity index (χ3v) is 4.12. The first-order valence-electron chi connectivity index (χ1n) is 7.55. The fourth-order valence-corrected chi connectivity index (χ4v) is 2.83. The van der Waals surface area contributed by atoms with Gasteiger partial charge in [-0.05, 0) is 30.2 Å². The maximum absolute atomic E-state index is 12.0. The van der Waals surface area contributed by atoms with Gasteiger partial charge in [0.2, 0.25) is 5.91 Å². The fourth-order valence-electron chi connectivity index (χ4n) is 2.83. The summed E-state index contributed by atoms with van der Waals surface area (Å²) >= 11 is 0. The van der Waals surface area contributed by atoms with Crippen LogP contribution in [-0.4, -0.2) is 15.0 Å². The minimum absolute atomic E-state index is 0.0918. The minimum Gasteiger partial charge on any atom is -0.353 e. The Labute approximate surface area is 130 Å². The van der Waals surface area contributed by atoms with Crippen molar-refractivity contribution in [3.63, 3.8) is 0 Å². The number of nitrogens with one attached hydrogen (secondary N) is 1. The van der Waals surface area contributed by atoms with Crippen molar-refractivity contribution in [1.29, 1.82) is 0 Å². The van der Waals surface area contributed by atoms with Gasteiger partial charge in [-0.25, -0.2) is 0 Å². The number of aromatic nitrogens is 2. The van der Waals surface area contributed by atoms with Crippen LogP contribution in [0.1, 0.15) is 17.7 Å². The zero-order chi connectivity index (χ0) is 15.5. The molecule has 0 bridgehead atoms. The van der Waals surface area contributed by atoms with E-state index in [0.717, 1.165) is 12.1 Å². The van der Waals surface area contributed by atoms with Crippen molar-refractivity contribution >= 4 is 16.8 Å². The highest BCUT2D eigenvalue weighted by molar-refractivity contribution is 5.84. The normalized spacial score (nSPS) is 11.0. The van der Waals surface area contributed by atoms with Gasteiger partial charge in [0.25, 0.3) is 0 Å². The third-order valence-electron chi connectivity index (χ3n) is 4.12. The van der Waals surface area contributed by atoms with E-state index >= 15 is 0 Å². The van der Waals surface area contributed by atoms with Crippen LogP contribution in [0.25, 0.3) is 10.9 Å². The molecule has 22 heavy (non-hydrogen) atoms. The minimum atomic E-state index is 0.0918. The number of para-hydroxylation sites is 1. The Morgan fingerprint density at radius 2 is 1.91 bits per heavy atom. The molecule has 0 spiro atoms. The van der Waals surface area contributed by atoms with Gasteiger partial charge in [0, 0.05) is 49.5 Å². The molecule has 0 aliphatic heterocycles. The highest BCUT2D eigenvalue weighted by Crippen LogP contribution is 2.21. The number of hydrogen-bond donors (Lipinski definition) is 1. The van der Waals surface area contributed by atoms with Gasteiger partial charge >= 0.3 is 0 Å². The summed E-state index contributed by atoms with van der Waals surface area (Å²) in [5, 5.41) is 4.22. The number of aryl methyl sites for hydroxylation is 3. The lowest BCUT2D eigenvalue weighted by Gasteiger charge is -2.06. The molecule has 0 fully saturated rings. The molecule has 0 atom stereocenters. The molecule has 0 saturated heterocycles. The largest absolute Gasteiger partial charge is 0.353 e. The smallest absolute Gasteiger partial charge is 0.220 e. The average Bonchev–Trinajstić information content (AvgIpc) is 3.07. The molecular formula is C18H21N3O. The van der Waals surface area contributed by atoms with Crippen LogP contribution in [-0.2, 0) is 31.9 Å². The molecule has 0 saturated carbocycles. The Bertz CT molecular complexity index is 798. The van der Waals surface area contributed by atoms with Crippen LogP contribution in [0.3, 0.4) is 0 Å². The Hall–Kier alpha value is -2.49. The maximum atomic E-state index is 12.0. The quantitative estimate of drug-likeness (QED) is 0.772. The molecule has 4 heteroatoms. The highest BCUT2D eigenvalue weighted by atomic mass is 16.1. The molecule has 3 rings (SSSR count). The van der Waals surface area contributed by atoms with Crippen molar-refractivity contribution in [2.45, 2.75) is 19.4 Å². The van der Waals surface area contributed by atoms with Crippen molar-refractivity contribution < 1.29 is 4.79 Å². The molecule has 0 radical (unpaired) electrons. The maximum Gasteiger partial charge on any atom is 0.220 e. The monoisotopic (exact) mass is 295 g/mol. The molecule has 1 aromatic carbocycles. The first kappa shape index (κ1) is 14.4. The summed E-state index contributed by atoms with van der Waals surface area (Å²) in [5.41, 5.74) is 3.55. The molecule has 1 amide bonds. The third kappa shape index (κ3) is 2.91.